The van der Waals surface area contributed by atoms with Gasteiger partial charge in [0, 0.05) is 11.4 Å². The van der Waals surface area contributed by atoms with E-state index < -0.39 is 10.9 Å². The van der Waals surface area contributed by atoms with Crippen molar-refractivity contribution in [1.82, 2.24) is 0 Å². The summed E-state index contributed by atoms with van der Waals surface area (Å²) in [7, 11) is 0. The summed E-state index contributed by atoms with van der Waals surface area (Å²) < 4.78 is 0. The Morgan fingerprint density at radius 2 is 1.79 bits per heavy atom. The molecule has 0 saturated carbocycles. The van der Waals surface area contributed by atoms with Crippen molar-refractivity contribution < 1.29 is 4.79 Å². The normalized spacial score (nSPS) is 12.8. The van der Waals surface area contributed by atoms with E-state index in [2.05, 4.69) is 10.6 Å². The van der Waals surface area contributed by atoms with Crippen LogP contribution in [0.3, 0.4) is 0 Å². The third-order valence-corrected chi connectivity index (χ3v) is 4.55. The van der Waals surface area contributed by atoms with Crippen molar-refractivity contribution in [3.63, 3.8) is 0 Å². The summed E-state index contributed by atoms with van der Waals surface area (Å²) in [5, 5.41) is 15.0. The number of rotatable bonds is 5. The lowest BCUT2D eigenvalue weighted by atomic mass is 10.1. The lowest BCUT2D eigenvalue weighted by Crippen LogP contribution is -2.42. The highest BCUT2D eigenvalue weighted by Gasteiger charge is 2.24. The zero-order valence-corrected chi connectivity index (χ0v) is 15.0. The molecule has 8 heteroatoms. The van der Waals surface area contributed by atoms with E-state index in [9.17, 15) is 4.79 Å². The van der Waals surface area contributed by atoms with Gasteiger partial charge in [0.1, 0.15) is 6.07 Å². The van der Waals surface area contributed by atoms with E-state index in [4.69, 9.17) is 34.2 Å². The molecule has 1 amide bonds. The van der Waals surface area contributed by atoms with Crippen molar-refractivity contribution in [1.29, 1.82) is 5.26 Å². The molecule has 1 atom stereocenters. The fourth-order valence-electron chi connectivity index (χ4n) is 1.92. The Morgan fingerprint density at radius 1 is 1.21 bits per heavy atom. The van der Waals surface area contributed by atoms with E-state index in [1.165, 1.54) is 12.1 Å². The molecule has 0 aliphatic heterocycles. The minimum absolute atomic E-state index is 0.150. The maximum atomic E-state index is 12.4. The van der Waals surface area contributed by atoms with Crippen LogP contribution < -0.4 is 16.4 Å². The molecule has 0 heterocycles. The van der Waals surface area contributed by atoms with Crippen molar-refractivity contribution in [3.05, 3.63) is 58.1 Å². The number of amides is 1. The first-order valence-corrected chi connectivity index (χ1v) is 8.75. The summed E-state index contributed by atoms with van der Waals surface area (Å²) in [5.74, 6) is -0.424. The summed E-state index contributed by atoms with van der Waals surface area (Å²) in [5.41, 5.74) is 7.08. The number of anilines is 2. The van der Waals surface area contributed by atoms with E-state index in [-0.39, 0.29) is 15.6 Å². The first kappa shape index (κ1) is 18.4. The van der Waals surface area contributed by atoms with Crippen LogP contribution in [0, 0.1) is 11.3 Å². The maximum absolute atomic E-state index is 12.4. The molecule has 0 saturated heterocycles. The zero-order chi connectivity index (χ0) is 17.7. The Balaban J connectivity index is 2.27. The number of benzene rings is 2. The molecule has 0 radical (unpaired) electrons. The van der Waals surface area contributed by atoms with Crippen LogP contribution in [-0.2, 0) is 0 Å². The van der Waals surface area contributed by atoms with Crippen molar-refractivity contribution >= 4 is 52.2 Å². The average molecular weight is 381 g/mol. The lowest BCUT2D eigenvalue weighted by molar-refractivity contribution is 0.102. The fourth-order valence-corrected chi connectivity index (χ4v) is 2.89. The van der Waals surface area contributed by atoms with E-state index in [1.54, 1.807) is 30.5 Å². The second-order valence-corrected chi connectivity index (χ2v) is 6.68. The number of thioether (sulfide) groups is 1. The largest absolute Gasteiger partial charge is 0.347 e. The molecular formula is C16H14Cl2N4OS. The number of hydrogen-bond donors (Lipinski definition) is 3. The number of carbonyl (C=O) groups is 1. The summed E-state index contributed by atoms with van der Waals surface area (Å²) in [6.07, 6.45) is 1.70. The highest BCUT2D eigenvalue weighted by Crippen LogP contribution is 2.31. The van der Waals surface area contributed by atoms with Crippen LogP contribution in [0.15, 0.2) is 42.5 Å². The van der Waals surface area contributed by atoms with Gasteiger partial charge >= 0.3 is 0 Å². The monoisotopic (exact) mass is 380 g/mol. The van der Waals surface area contributed by atoms with Gasteiger partial charge in [-0.15, -0.1) is 11.8 Å². The average Bonchev–Trinajstić information content (AvgIpc) is 2.55. The van der Waals surface area contributed by atoms with Gasteiger partial charge in [-0.3, -0.25) is 10.5 Å². The zero-order valence-electron chi connectivity index (χ0n) is 12.6. The molecule has 1 unspecified atom stereocenters. The highest BCUT2D eigenvalue weighted by molar-refractivity contribution is 8.00. The quantitative estimate of drug-likeness (QED) is 0.677. The van der Waals surface area contributed by atoms with Gasteiger partial charge in [-0.2, -0.15) is 5.26 Å². The van der Waals surface area contributed by atoms with E-state index in [0.717, 1.165) is 11.8 Å². The Labute approximate surface area is 154 Å². The van der Waals surface area contributed by atoms with Crippen LogP contribution in [-0.4, -0.2) is 17.2 Å². The molecule has 0 aliphatic carbocycles. The lowest BCUT2D eigenvalue weighted by Gasteiger charge is -2.22. The molecule has 0 spiro atoms. The molecule has 2 rings (SSSR count). The van der Waals surface area contributed by atoms with Gasteiger partial charge in [-0.25, -0.2) is 0 Å². The summed E-state index contributed by atoms with van der Waals surface area (Å²) >= 11 is 13.5. The molecule has 0 aromatic heterocycles. The third-order valence-electron chi connectivity index (χ3n) is 3.12. The maximum Gasteiger partial charge on any atom is 0.258 e. The van der Waals surface area contributed by atoms with Gasteiger partial charge in [0.05, 0.1) is 15.6 Å². The number of nitriles is 1. The first-order chi connectivity index (χ1) is 11.4. The Bertz CT molecular complexity index is 771. The molecule has 0 aliphatic rings. The minimum Gasteiger partial charge on any atom is -0.347 e. The van der Waals surface area contributed by atoms with Crippen molar-refractivity contribution in [2.24, 2.45) is 5.73 Å². The number of nitrogens with one attached hydrogen (secondary N) is 2. The van der Waals surface area contributed by atoms with Gasteiger partial charge in [0.2, 0.25) is 4.99 Å². The van der Waals surface area contributed by atoms with Crippen LogP contribution in [0.5, 0.6) is 0 Å². The topological polar surface area (TPSA) is 90.9 Å². The number of carbonyl (C=O) groups excluding carboxylic acids is 1. The second kappa shape index (κ2) is 7.77. The molecule has 0 bridgehead atoms. The number of para-hydroxylation sites is 1. The van der Waals surface area contributed by atoms with Crippen LogP contribution in [0.25, 0.3) is 0 Å². The molecule has 0 fully saturated rings. The highest BCUT2D eigenvalue weighted by atomic mass is 35.5. The van der Waals surface area contributed by atoms with Gasteiger partial charge in [0.25, 0.3) is 5.91 Å². The van der Waals surface area contributed by atoms with E-state index in [0.29, 0.717) is 11.4 Å². The Hall–Kier alpha value is -1.91. The molecule has 5 nitrogen and oxygen atoms in total. The Morgan fingerprint density at radius 3 is 2.29 bits per heavy atom. The molecule has 124 valence electrons. The molecule has 2 aromatic rings. The predicted molar refractivity (Wildman–Crippen MR) is 101 cm³/mol. The van der Waals surface area contributed by atoms with E-state index >= 15 is 0 Å². The molecule has 4 N–H and O–H groups in total. The summed E-state index contributed by atoms with van der Waals surface area (Å²) in [6, 6.07) is 13.9. The second-order valence-electron chi connectivity index (χ2n) is 4.81. The van der Waals surface area contributed by atoms with Crippen LogP contribution in [0.2, 0.25) is 10.0 Å². The van der Waals surface area contributed by atoms with E-state index in [1.807, 2.05) is 12.1 Å². The third kappa shape index (κ3) is 4.34. The van der Waals surface area contributed by atoms with Gasteiger partial charge < -0.3 is 10.6 Å². The first-order valence-electron chi connectivity index (χ1n) is 6.77. The van der Waals surface area contributed by atoms with Crippen LogP contribution in [0.4, 0.5) is 11.4 Å². The van der Waals surface area contributed by atoms with Gasteiger partial charge in [-0.05, 0) is 30.5 Å². The Kier molecular flexibility index (Phi) is 5.97. The number of nitrogens with two attached hydrogens (primary N) is 1. The van der Waals surface area contributed by atoms with Crippen molar-refractivity contribution in [2.45, 2.75) is 4.99 Å². The van der Waals surface area contributed by atoms with Crippen molar-refractivity contribution in [3.8, 4) is 6.07 Å². The number of hydrogen-bond acceptors (Lipinski definition) is 5. The van der Waals surface area contributed by atoms with Gasteiger partial charge in [-0.1, -0.05) is 41.4 Å². The predicted octanol–water partition coefficient (Wildman–Crippen LogP) is 4.16. The fraction of sp³-hybridized carbons (Fsp3) is 0.125. The molecule has 2 aromatic carbocycles. The number of halogens is 2. The van der Waals surface area contributed by atoms with Crippen LogP contribution in [0.1, 0.15) is 10.4 Å². The van der Waals surface area contributed by atoms with Crippen LogP contribution >= 0.6 is 35.0 Å². The molecular weight excluding hydrogens is 367 g/mol. The van der Waals surface area contributed by atoms with Crippen molar-refractivity contribution in [2.75, 3.05) is 16.9 Å². The SMILES string of the molecule is CSC(N)(C#N)Nc1cc(Cl)c(C(=O)Nc2ccccc2)c(Cl)c1. The van der Waals surface area contributed by atoms with Gasteiger partial charge in [0.15, 0.2) is 0 Å². The smallest absolute Gasteiger partial charge is 0.258 e. The summed E-state index contributed by atoms with van der Waals surface area (Å²) in [6.45, 7) is 0. The summed E-state index contributed by atoms with van der Waals surface area (Å²) in [4.78, 5) is 11.1. The minimum atomic E-state index is -1.32. The number of nitrogens with zero attached hydrogens (tertiary/aromatic N) is 1. The molecule has 24 heavy (non-hydrogen) atoms. The standard InChI is InChI=1S/C16H14Cl2N4OS/c1-24-16(20,9-19)22-11-7-12(17)14(13(18)8-11)15(23)21-10-5-3-2-4-6-10/h2-8,22H,20H2,1H3,(H,21,23).